The summed E-state index contributed by atoms with van der Waals surface area (Å²) in [7, 11) is 8.47. The van der Waals surface area contributed by atoms with Gasteiger partial charge in [0.15, 0.2) is 5.82 Å². The van der Waals surface area contributed by atoms with Crippen LogP contribution in [0.15, 0.2) is 12.3 Å². The van der Waals surface area contributed by atoms with Crippen molar-refractivity contribution in [3.63, 3.8) is 0 Å². The molecule has 1 aromatic rings. The van der Waals surface area contributed by atoms with Gasteiger partial charge in [0.1, 0.15) is 0 Å². The molecule has 0 saturated carbocycles. The van der Waals surface area contributed by atoms with Crippen LogP contribution in [0.4, 0.5) is 17.2 Å². The quantitative estimate of drug-likeness (QED) is 0.726. The number of quaternary nitrogens is 1. The number of pyridine rings is 1. The molecule has 5 heteroatoms. The minimum Gasteiger partial charge on any atom is -0.397 e. The number of nitrogen functional groups attached to an aromatic ring is 2. The van der Waals surface area contributed by atoms with Crippen molar-refractivity contribution in [1.29, 1.82) is 0 Å². The van der Waals surface area contributed by atoms with Crippen LogP contribution in [0.2, 0.25) is 0 Å². The summed E-state index contributed by atoms with van der Waals surface area (Å²) >= 11 is 0. The van der Waals surface area contributed by atoms with E-state index in [0.717, 1.165) is 23.4 Å². The predicted octanol–water partition coefficient (Wildman–Crippen LogP) is 0.388. The third-order valence-electron chi connectivity index (χ3n) is 2.38. The van der Waals surface area contributed by atoms with E-state index in [1.807, 2.05) is 7.05 Å². The van der Waals surface area contributed by atoms with Gasteiger partial charge >= 0.3 is 0 Å². The highest BCUT2D eigenvalue weighted by atomic mass is 15.3. The third-order valence-corrected chi connectivity index (χ3v) is 2.38. The van der Waals surface area contributed by atoms with Gasteiger partial charge in [-0.05, 0) is 6.07 Å². The summed E-state index contributed by atoms with van der Waals surface area (Å²) in [4.78, 5) is 6.30. The molecule has 4 N–H and O–H groups in total. The van der Waals surface area contributed by atoms with Crippen molar-refractivity contribution in [3.8, 4) is 0 Å². The fourth-order valence-electron chi connectivity index (χ4n) is 1.37. The van der Waals surface area contributed by atoms with E-state index in [1.54, 1.807) is 12.3 Å². The van der Waals surface area contributed by atoms with Crippen LogP contribution in [0, 0.1) is 0 Å². The largest absolute Gasteiger partial charge is 0.397 e. The van der Waals surface area contributed by atoms with Gasteiger partial charge in [-0.1, -0.05) is 0 Å². The van der Waals surface area contributed by atoms with Crippen molar-refractivity contribution in [3.05, 3.63) is 12.3 Å². The molecule has 0 radical (unpaired) electrons. The Bertz CT molecular complexity index is 356. The molecule has 0 unspecified atom stereocenters. The number of aromatic nitrogens is 1. The normalized spacial score (nSPS) is 11.5. The molecular weight excluding hydrogens is 202 g/mol. The molecule has 1 rings (SSSR count). The predicted molar refractivity (Wildman–Crippen MR) is 69.2 cm³/mol. The molecule has 0 atom stereocenters. The summed E-state index contributed by atoms with van der Waals surface area (Å²) in [5.74, 6) is 0.794. The average molecular weight is 224 g/mol. The lowest BCUT2D eigenvalue weighted by molar-refractivity contribution is -0.868. The molecule has 5 nitrogen and oxygen atoms in total. The molecule has 0 aliphatic heterocycles. The number of hydrogen-bond acceptors (Lipinski definition) is 4. The molecule has 0 amide bonds. The molecule has 1 aromatic heterocycles. The monoisotopic (exact) mass is 224 g/mol. The summed E-state index contributed by atoms with van der Waals surface area (Å²) in [5.41, 5.74) is 12.7. The number of hydrogen-bond donors (Lipinski definition) is 2. The maximum Gasteiger partial charge on any atom is 0.151 e. The highest BCUT2D eigenvalue weighted by Crippen LogP contribution is 2.20. The molecular formula is C11H22N5+. The van der Waals surface area contributed by atoms with Gasteiger partial charge in [0.05, 0.1) is 51.8 Å². The molecule has 16 heavy (non-hydrogen) atoms. The number of anilines is 3. The molecule has 1 heterocycles. The number of likely N-dealkylation sites (N-methyl/N-ethyl adjacent to an activating group) is 2. The molecule has 0 aromatic carbocycles. The maximum absolute atomic E-state index is 5.87. The number of rotatable bonds is 4. The van der Waals surface area contributed by atoms with Crippen molar-refractivity contribution >= 4 is 17.2 Å². The highest BCUT2D eigenvalue weighted by Gasteiger charge is 2.12. The van der Waals surface area contributed by atoms with Crippen LogP contribution >= 0.6 is 0 Å². The van der Waals surface area contributed by atoms with Crippen LogP contribution in [-0.2, 0) is 0 Å². The minimum absolute atomic E-state index is 0.598. The Labute approximate surface area is 97.3 Å². The lowest BCUT2D eigenvalue weighted by Gasteiger charge is -2.27. The van der Waals surface area contributed by atoms with E-state index in [2.05, 4.69) is 31.0 Å². The zero-order valence-electron chi connectivity index (χ0n) is 10.6. The van der Waals surface area contributed by atoms with Crippen molar-refractivity contribution in [2.75, 3.05) is 57.6 Å². The van der Waals surface area contributed by atoms with Crippen LogP contribution in [0.5, 0.6) is 0 Å². The van der Waals surface area contributed by atoms with Gasteiger partial charge in [-0.25, -0.2) is 4.98 Å². The first-order chi connectivity index (χ1) is 7.29. The van der Waals surface area contributed by atoms with Crippen LogP contribution in [0.3, 0.4) is 0 Å². The topological polar surface area (TPSA) is 68.2 Å². The third kappa shape index (κ3) is 3.58. The Morgan fingerprint density at radius 3 is 2.44 bits per heavy atom. The SMILES string of the molecule is CN(CC[N+](C)(C)C)c1ncc(N)cc1N. The van der Waals surface area contributed by atoms with E-state index >= 15 is 0 Å². The highest BCUT2D eigenvalue weighted by molar-refractivity contribution is 5.66. The van der Waals surface area contributed by atoms with E-state index in [-0.39, 0.29) is 0 Å². The zero-order valence-corrected chi connectivity index (χ0v) is 10.6. The van der Waals surface area contributed by atoms with Gasteiger partial charge in [-0.15, -0.1) is 0 Å². The van der Waals surface area contributed by atoms with Crippen molar-refractivity contribution in [2.24, 2.45) is 0 Å². The van der Waals surface area contributed by atoms with E-state index in [4.69, 9.17) is 11.5 Å². The molecule has 0 aliphatic rings. The first-order valence-corrected chi connectivity index (χ1v) is 5.32. The second-order valence-electron chi connectivity index (χ2n) is 5.12. The van der Waals surface area contributed by atoms with Crippen LogP contribution < -0.4 is 16.4 Å². The Kier molecular flexibility index (Phi) is 3.59. The van der Waals surface area contributed by atoms with E-state index in [9.17, 15) is 0 Å². The lowest BCUT2D eigenvalue weighted by atomic mass is 10.3. The Hall–Kier alpha value is -1.49. The Morgan fingerprint density at radius 1 is 1.31 bits per heavy atom. The summed E-state index contributed by atoms with van der Waals surface area (Å²) in [6.45, 7) is 1.94. The molecule has 0 aliphatic carbocycles. The summed E-state index contributed by atoms with van der Waals surface area (Å²) in [6, 6.07) is 1.74. The summed E-state index contributed by atoms with van der Waals surface area (Å²) in [5, 5.41) is 0. The van der Waals surface area contributed by atoms with Crippen molar-refractivity contribution in [2.45, 2.75) is 0 Å². The maximum atomic E-state index is 5.87. The fourth-order valence-corrected chi connectivity index (χ4v) is 1.37. The van der Waals surface area contributed by atoms with Gasteiger partial charge in [-0.3, -0.25) is 0 Å². The van der Waals surface area contributed by atoms with Gasteiger partial charge in [-0.2, -0.15) is 0 Å². The molecule has 0 fully saturated rings. The van der Waals surface area contributed by atoms with Crippen LogP contribution in [0.25, 0.3) is 0 Å². The first kappa shape index (κ1) is 12.6. The number of nitrogens with two attached hydrogens (primary N) is 2. The second-order valence-corrected chi connectivity index (χ2v) is 5.12. The van der Waals surface area contributed by atoms with Gasteiger partial charge in [0, 0.05) is 7.05 Å². The lowest BCUT2D eigenvalue weighted by Crippen LogP contribution is -2.41. The first-order valence-electron chi connectivity index (χ1n) is 5.32. The Balaban J connectivity index is 2.70. The summed E-state index contributed by atoms with van der Waals surface area (Å²) in [6.07, 6.45) is 1.63. The van der Waals surface area contributed by atoms with E-state index in [0.29, 0.717) is 11.4 Å². The smallest absolute Gasteiger partial charge is 0.151 e. The Morgan fingerprint density at radius 2 is 1.94 bits per heavy atom. The van der Waals surface area contributed by atoms with Gasteiger partial charge in [0.25, 0.3) is 0 Å². The molecule has 0 bridgehead atoms. The van der Waals surface area contributed by atoms with Crippen LogP contribution in [0.1, 0.15) is 0 Å². The molecule has 90 valence electrons. The second kappa shape index (κ2) is 4.57. The zero-order chi connectivity index (χ0) is 12.3. The standard InChI is InChI=1S/C11H22N5/c1-15(5-6-16(2,3)4)11-10(13)7-9(12)8-14-11/h7-8H,5-6,12-13H2,1-4H3/q+1. The van der Waals surface area contributed by atoms with Gasteiger partial charge < -0.3 is 20.9 Å². The molecule has 0 saturated heterocycles. The van der Waals surface area contributed by atoms with E-state index in [1.165, 1.54) is 0 Å². The van der Waals surface area contributed by atoms with Crippen LogP contribution in [-0.4, -0.2) is 50.7 Å². The minimum atomic E-state index is 0.598. The molecule has 0 spiro atoms. The van der Waals surface area contributed by atoms with Crippen molar-refractivity contribution in [1.82, 2.24) is 4.98 Å². The number of nitrogens with zero attached hydrogens (tertiary/aromatic N) is 3. The van der Waals surface area contributed by atoms with Crippen molar-refractivity contribution < 1.29 is 4.48 Å². The average Bonchev–Trinajstić information content (AvgIpc) is 2.13. The fraction of sp³-hybridized carbons (Fsp3) is 0.545. The van der Waals surface area contributed by atoms with Gasteiger partial charge in [0.2, 0.25) is 0 Å². The van der Waals surface area contributed by atoms with E-state index < -0.39 is 0 Å². The summed E-state index contributed by atoms with van der Waals surface area (Å²) < 4.78 is 0.916.